The monoisotopic (exact) mass is 717 g/mol. The van der Waals surface area contributed by atoms with Gasteiger partial charge in [0.2, 0.25) is 0 Å². The topological polar surface area (TPSA) is 119 Å². The summed E-state index contributed by atoms with van der Waals surface area (Å²) in [4.78, 5) is 42.8. The van der Waals surface area contributed by atoms with Crippen molar-refractivity contribution in [3.05, 3.63) is 12.2 Å². The quantitative estimate of drug-likeness (QED) is 0.0280. The van der Waals surface area contributed by atoms with Gasteiger partial charge in [0.15, 0.2) is 6.10 Å². The average molecular weight is 717 g/mol. The third-order valence-corrected chi connectivity index (χ3v) is 9.52. The lowest BCUT2D eigenvalue weighted by atomic mass is 10.0. The van der Waals surface area contributed by atoms with E-state index in [-0.39, 0.29) is 19.4 Å². The molecular weight excluding hydrogens is 639 g/mol. The van der Waals surface area contributed by atoms with E-state index in [2.05, 4.69) is 30.5 Å². The minimum atomic E-state index is -4.75. The van der Waals surface area contributed by atoms with Crippen molar-refractivity contribution in [2.75, 3.05) is 13.2 Å². The first-order valence-electron chi connectivity index (χ1n) is 20.5. The van der Waals surface area contributed by atoms with E-state index in [1.807, 2.05) is 0 Å². The van der Waals surface area contributed by atoms with Crippen molar-refractivity contribution in [1.29, 1.82) is 0 Å². The number of phosphoric ester groups is 1. The second-order valence-electron chi connectivity index (χ2n) is 14.0. The van der Waals surface area contributed by atoms with Gasteiger partial charge in [-0.15, -0.1) is 0 Å². The van der Waals surface area contributed by atoms with Crippen LogP contribution in [0.3, 0.4) is 0 Å². The van der Waals surface area contributed by atoms with Gasteiger partial charge >= 0.3 is 19.8 Å². The van der Waals surface area contributed by atoms with E-state index in [4.69, 9.17) is 19.3 Å². The summed E-state index contributed by atoms with van der Waals surface area (Å²) < 4.78 is 26.4. The Hall–Kier alpha value is -1.21. The van der Waals surface area contributed by atoms with Crippen molar-refractivity contribution >= 4 is 19.8 Å². The van der Waals surface area contributed by atoms with Gasteiger partial charge in [0.05, 0.1) is 6.61 Å². The number of rotatable bonds is 38. The van der Waals surface area contributed by atoms with Crippen LogP contribution in [0.2, 0.25) is 0 Å². The summed E-state index contributed by atoms with van der Waals surface area (Å²) in [7, 11) is -4.75. The molecule has 9 heteroatoms. The maximum Gasteiger partial charge on any atom is 0.469 e. The molecule has 0 amide bonds. The van der Waals surface area contributed by atoms with E-state index in [1.165, 1.54) is 122 Å². The van der Waals surface area contributed by atoms with Gasteiger partial charge in [-0.1, -0.05) is 174 Å². The van der Waals surface area contributed by atoms with Crippen molar-refractivity contribution in [3.63, 3.8) is 0 Å². The number of carbonyl (C=O) groups is 2. The fraction of sp³-hybridized carbons (Fsp3) is 0.900. The summed E-state index contributed by atoms with van der Waals surface area (Å²) in [5, 5.41) is 0. The summed E-state index contributed by atoms with van der Waals surface area (Å²) in [5.74, 6) is -0.884. The number of ether oxygens (including phenoxy) is 2. The molecular formula is C40H77O8P. The first-order chi connectivity index (χ1) is 23.8. The van der Waals surface area contributed by atoms with Crippen LogP contribution in [0.25, 0.3) is 0 Å². The maximum atomic E-state index is 12.4. The molecule has 0 fully saturated rings. The standard InChI is InChI=1S/C40H77O8P/c1-3-5-7-9-11-13-15-17-19-20-21-23-25-27-29-31-33-35-40(42)48-38(37-47-49(43,44)45)36-46-39(41)34-32-30-28-26-24-22-18-16-14-12-10-8-6-4-2/h16,18,38H,3-15,17,19-37H2,1-2H3,(H2,43,44,45)/b18-16-/t38-/m1/s1. The van der Waals surface area contributed by atoms with Crippen LogP contribution in [0.1, 0.15) is 213 Å². The van der Waals surface area contributed by atoms with Crippen LogP contribution >= 0.6 is 7.82 Å². The van der Waals surface area contributed by atoms with Gasteiger partial charge < -0.3 is 19.3 Å². The average Bonchev–Trinajstić information content (AvgIpc) is 3.07. The molecule has 2 N–H and O–H groups in total. The highest BCUT2D eigenvalue weighted by Crippen LogP contribution is 2.36. The Labute approximate surface area is 301 Å². The van der Waals surface area contributed by atoms with Crippen molar-refractivity contribution in [2.45, 2.75) is 219 Å². The van der Waals surface area contributed by atoms with Crippen LogP contribution in [-0.2, 0) is 28.2 Å². The molecule has 0 aromatic heterocycles. The van der Waals surface area contributed by atoms with Crippen molar-refractivity contribution in [3.8, 4) is 0 Å². The Morgan fingerprint density at radius 1 is 0.510 bits per heavy atom. The van der Waals surface area contributed by atoms with E-state index >= 15 is 0 Å². The lowest BCUT2D eigenvalue weighted by molar-refractivity contribution is -0.161. The van der Waals surface area contributed by atoms with Crippen LogP contribution < -0.4 is 0 Å². The summed E-state index contributed by atoms with van der Waals surface area (Å²) in [6.45, 7) is 3.69. The number of hydrogen-bond acceptors (Lipinski definition) is 6. The Balaban J connectivity index is 3.90. The normalized spacial score (nSPS) is 12.5. The molecule has 1 atom stereocenters. The molecule has 8 nitrogen and oxygen atoms in total. The number of hydrogen-bond donors (Lipinski definition) is 2. The molecule has 49 heavy (non-hydrogen) atoms. The van der Waals surface area contributed by atoms with Crippen LogP contribution in [0.15, 0.2) is 12.2 Å². The molecule has 0 aliphatic carbocycles. The fourth-order valence-corrected chi connectivity index (χ4v) is 6.32. The number of unbranched alkanes of at least 4 members (excludes halogenated alkanes) is 26. The minimum Gasteiger partial charge on any atom is -0.462 e. The van der Waals surface area contributed by atoms with Gasteiger partial charge in [0, 0.05) is 12.8 Å². The number of esters is 2. The first-order valence-corrected chi connectivity index (χ1v) is 22.0. The summed E-state index contributed by atoms with van der Waals surface area (Å²) >= 11 is 0. The Kier molecular flexibility index (Phi) is 35.7. The number of allylic oxidation sites excluding steroid dienone is 2. The zero-order chi connectivity index (χ0) is 36.1. The molecule has 0 heterocycles. The zero-order valence-corrected chi connectivity index (χ0v) is 32.8. The summed E-state index contributed by atoms with van der Waals surface area (Å²) in [6, 6.07) is 0. The third-order valence-electron chi connectivity index (χ3n) is 9.03. The molecule has 0 saturated heterocycles. The molecule has 0 aliphatic heterocycles. The van der Waals surface area contributed by atoms with E-state index < -0.39 is 32.5 Å². The Morgan fingerprint density at radius 3 is 1.24 bits per heavy atom. The highest BCUT2D eigenvalue weighted by atomic mass is 31.2. The molecule has 290 valence electrons. The molecule has 0 rings (SSSR count). The molecule has 0 aliphatic rings. The third kappa shape index (κ3) is 39.4. The SMILES string of the molecule is CCCCCCC/C=C\CCCCCCCC(=O)OC[C@H](COP(=O)(O)O)OC(=O)CCCCCCCCCCCCCCCCCCC. The second kappa shape index (κ2) is 36.6. The van der Waals surface area contributed by atoms with Gasteiger partial charge in [0.1, 0.15) is 6.61 Å². The lowest BCUT2D eigenvalue weighted by Gasteiger charge is -2.18. The smallest absolute Gasteiger partial charge is 0.462 e. The van der Waals surface area contributed by atoms with E-state index in [1.54, 1.807) is 0 Å². The van der Waals surface area contributed by atoms with Crippen LogP contribution in [0, 0.1) is 0 Å². The van der Waals surface area contributed by atoms with Crippen LogP contribution in [0.4, 0.5) is 0 Å². The van der Waals surface area contributed by atoms with Gasteiger partial charge in [-0.05, 0) is 38.5 Å². The van der Waals surface area contributed by atoms with E-state index in [0.717, 1.165) is 57.8 Å². The molecule has 0 aromatic carbocycles. The molecule has 0 bridgehead atoms. The molecule has 0 spiro atoms. The number of phosphoric acid groups is 1. The summed E-state index contributed by atoms with van der Waals surface area (Å²) in [6.07, 6.45) is 39.3. The van der Waals surface area contributed by atoms with E-state index in [0.29, 0.717) is 6.42 Å². The fourth-order valence-electron chi connectivity index (χ4n) is 5.96. The first kappa shape index (κ1) is 47.8. The van der Waals surface area contributed by atoms with E-state index in [9.17, 15) is 14.2 Å². The molecule has 0 saturated carbocycles. The predicted molar refractivity (Wildman–Crippen MR) is 202 cm³/mol. The minimum absolute atomic E-state index is 0.216. The van der Waals surface area contributed by atoms with Gasteiger partial charge in [0.25, 0.3) is 0 Å². The van der Waals surface area contributed by atoms with Gasteiger partial charge in [-0.2, -0.15) is 0 Å². The largest absolute Gasteiger partial charge is 0.469 e. The molecule has 0 radical (unpaired) electrons. The van der Waals surface area contributed by atoms with Crippen molar-refractivity contribution < 1.29 is 37.9 Å². The molecule has 0 aromatic rings. The van der Waals surface area contributed by atoms with Gasteiger partial charge in [-0.25, -0.2) is 4.57 Å². The molecule has 0 unspecified atom stereocenters. The van der Waals surface area contributed by atoms with Crippen molar-refractivity contribution in [2.24, 2.45) is 0 Å². The Morgan fingerprint density at radius 2 is 0.857 bits per heavy atom. The maximum absolute atomic E-state index is 12.4. The predicted octanol–water partition coefficient (Wildman–Crippen LogP) is 12.2. The highest BCUT2D eigenvalue weighted by molar-refractivity contribution is 7.46. The number of carbonyl (C=O) groups excluding carboxylic acids is 2. The van der Waals surface area contributed by atoms with Crippen LogP contribution in [-0.4, -0.2) is 41.0 Å². The summed E-state index contributed by atoms with van der Waals surface area (Å²) in [5.41, 5.74) is 0. The highest BCUT2D eigenvalue weighted by Gasteiger charge is 2.22. The Bertz CT molecular complexity index is 812. The second-order valence-corrected chi connectivity index (χ2v) is 15.2. The van der Waals surface area contributed by atoms with Gasteiger partial charge in [-0.3, -0.25) is 14.1 Å². The lowest BCUT2D eigenvalue weighted by Crippen LogP contribution is -2.29. The van der Waals surface area contributed by atoms with Crippen LogP contribution in [0.5, 0.6) is 0 Å². The zero-order valence-electron chi connectivity index (χ0n) is 31.9. The van der Waals surface area contributed by atoms with Crippen molar-refractivity contribution in [1.82, 2.24) is 0 Å².